The second kappa shape index (κ2) is 7.82. The summed E-state index contributed by atoms with van der Waals surface area (Å²) in [7, 11) is 0. The van der Waals surface area contributed by atoms with E-state index in [9.17, 15) is 14.4 Å². The minimum Gasteiger partial charge on any atom is -0.460 e. The number of benzene rings is 2. The SMILES string of the molecule is Cc1cc(=O)oc2cc(Oc3coc4cc(OC(=O)c5cccs5)ccc4c3=O)ccc12. The Hall–Kier alpha value is -4.17. The van der Waals surface area contributed by atoms with Gasteiger partial charge in [0.25, 0.3) is 0 Å². The van der Waals surface area contributed by atoms with E-state index in [4.69, 9.17) is 18.3 Å². The molecule has 8 heteroatoms. The number of ether oxygens (including phenoxy) is 2. The quantitative estimate of drug-likeness (QED) is 0.210. The first-order valence-corrected chi connectivity index (χ1v) is 10.4. The molecule has 7 nitrogen and oxygen atoms in total. The second-order valence-electron chi connectivity index (χ2n) is 6.96. The second-order valence-corrected chi connectivity index (χ2v) is 7.91. The number of hydrogen-bond donors (Lipinski definition) is 0. The van der Waals surface area contributed by atoms with Gasteiger partial charge in [-0.25, -0.2) is 9.59 Å². The maximum atomic E-state index is 12.9. The van der Waals surface area contributed by atoms with Crippen molar-refractivity contribution in [3.8, 4) is 17.2 Å². The molecule has 0 radical (unpaired) electrons. The predicted octanol–water partition coefficient (Wildman–Crippen LogP) is 5.28. The van der Waals surface area contributed by atoms with Gasteiger partial charge in [0.2, 0.25) is 11.2 Å². The summed E-state index contributed by atoms with van der Waals surface area (Å²) in [5.41, 5.74) is 0.526. The molecule has 0 atom stereocenters. The minimum absolute atomic E-state index is 0.0322. The molecule has 0 fully saturated rings. The highest BCUT2D eigenvalue weighted by Gasteiger charge is 2.14. The lowest BCUT2D eigenvalue weighted by Crippen LogP contribution is -2.08. The van der Waals surface area contributed by atoms with Crippen LogP contribution in [0.2, 0.25) is 0 Å². The van der Waals surface area contributed by atoms with Gasteiger partial charge in [0.05, 0.1) is 5.39 Å². The Morgan fingerprint density at radius 2 is 1.72 bits per heavy atom. The van der Waals surface area contributed by atoms with Crippen molar-refractivity contribution in [2.75, 3.05) is 0 Å². The summed E-state index contributed by atoms with van der Waals surface area (Å²) in [6.45, 7) is 1.81. The molecule has 0 saturated heterocycles. The molecule has 3 aromatic heterocycles. The summed E-state index contributed by atoms with van der Waals surface area (Å²) < 4.78 is 21.8. The molecule has 0 saturated carbocycles. The van der Waals surface area contributed by atoms with Crippen molar-refractivity contribution < 1.29 is 23.1 Å². The van der Waals surface area contributed by atoms with E-state index in [1.54, 1.807) is 35.7 Å². The lowest BCUT2D eigenvalue weighted by atomic mass is 10.1. The summed E-state index contributed by atoms with van der Waals surface area (Å²) in [5, 5.41) is 2.82. The van der Waals surface area contributed by atoms with Crippen LogP contribution in [0.3, 0.4) is 0 Å². The number of hydrogen-bond acceptors (Lipinski definition) is 8. The Morgan fingerprint density at radius 1 is 0.938 bits per heavy atom. The molecule has 3 heterocycles. The van der Waals surface area contributed by atoms with Gasteiger partial charge in [-0.05, 0) is 48.2 Å². The summed E-state index contributed by atoms with van der Waals surface area (Å²) >= 11 is 1.27. The van der Waals surface area contributed by atoms with Crippen LogP contribution in [0, 0.1) is 6.92 Å². The Kier molecular flexibility index (Phi) is 4.84. The van der Waals surface area contributed by atoms with Crippen molar-refractivity contribution in [1.82, 2.24) is 0 Å². The fraction of sp³-hybridized carbons (Fsp3) is 0.0417. The molecule has 5 rings (SSSR count). The molecular formula is C24H14O7S. The van der Waals surface area contributed by atoms with Gasteiger partial charge in [-0.3, -0.25) is 4.79 Å². The third-order valence-corrected chi connectivity index (χ3v) is 5.65. The zero-order valence-electron chi connectivity index (χ0n) is 16.6. The van der Waals surface area contributed by atoms with Crippen LogP contribution >= 0.6 is 11.3 Å². The first-order valence-electron chi connectivity index (χ1n) is 9.51. The minimum atomic E-state index is -0.486. The molecule has 0 aliphatic rings. The third-order valence-electron chi connectivity index (χ3n) is 4.80. The number of carbonyl (C=O) groups excluding carboxylic acids is 1. The first-order chi connectivity index (χ1) is 15.5. The summed E-state index contributed by atoms with van der Waals surface area (Å²) in [5.74, 6) is 0.0575. The van der Waals surface area contributed by atoms with Crippen LogP contribution in [0.5, 0.6) is 17.2 Å². The van der Waals surface area contributed by atoms with Gasteiger partial charge in [0, 0.05) is 23.6 Å². The summed E-state index contributed by atoms with van der Waals surface area (Å²) in [4.78, 5) is 37.1. The molecule has 0 N–H and O–H groups in total. The third kappa shape index (κ3) is 3.67. The van der Waals surface area contributed by atoms with E-state index in [0.29, 0.717) is 16.2 Å². The smallest absolute Gasteiger partial charge is 0.353 e. The zero-order valence-corrected chi connectivity index (χ0v) is 17.4. The molecule has 158 valence electrons. The average molecular weight is 446 g/mol. The zero-order chi connectivity index (χ0) is 22.2. The Labute approximate surface area is 184 Å². The van der Waals surface area contributed by atoms with Gasteiger partial charge >= 0.3 is 11.6 Å². The normalized spacial score (nSPS) is 11.0. The standard InChI is InChI=1S/C24H14O7S/c1-13-9-22(25)31-19-11-14(4-6-16(13)19)29-20-12-28-18-10-15(5-7-17(18)23(20)26)30-24(27)21-3-2-8-32-21/h2-12H,1H3. The number of fused-ring (bicyclic) bond motifs is 2. The topological polar surface area (TPSA) is 95.9 Å². The van der Waals surface area contributed by atoms with Crippen molar-refractivity contribution in [3.63, 3.8) is 0 Å². The van der Waals surface area contributed by atoms with Crippen LogP contribution in [-0.4, -0.2) is 5.97 Å². The lowest BCUT2D eigenvalue weighted by molar-refractivity contribution is 0.0740. The van der Waals surface area contributed by atoms with E-state index in [2.05, 4.69) is 0 Å². The van der Waals surface area contributed by atoms with Crippen LogP contribution < -0.4 is 20.5 Å². The van der Waals surface area contributed by atoms with Crippen LogP contribution in [0.15, 0.2) is 84.7 Å². The fourth-order valence-corrected chi connectivity index (χ4v) is 3.87. The Balaban J connectivity index is 1.44. The number of rotatable bonds is 4. The number of carbonyl (C=O) groups is 1. The van der Waals surface area contributed by atoms with E-state index in [1.807, 2.05) is 6.92 Å². The van der Waals surface area contributed by atoms with Crippen molar-refractivity contribution >= 4 is 39.2 Å². The van der Waals surface area contributed by atoms with Gasteiger partial charge < -0.3 is 18.3 Å². The average Bonchev–Trinajstić information content (AvgIpc) is 3.30. The summed E-state index contributed by atoms with van der Waals surface area (Å²) in [6, 6.07) is 14.3. The van der Waals surface area contributed by atoms with Crippen LogP contribution in [-0.2, 0) is 0 Å². The molecule has 0 amide bonds. The van der Waals surface area contributed by atoms with E-state index in [1.165, 1.54) is 41.9 Å². The monoisotopic (exact) mass is 446 g/mol. The fourth-order valence-electron chi connectivity index (χ4n) is 3.27. The highest BCUT2D eigenvalue weighted by atomic mass is 32.1. The molecule has 0 aliphatic heterocycles. The largest absolute Gasteiger partial charge is 0.460 e. The number of thiophene rings is 1. The van der Waals surface area contributed by atoms with Gasteiger partial charge in [-0.1, -0.05) is 6.07 Å². The van der Waals surface area contributed by atoms with Crippen molar-refractivity contribution in [1.29, 1.82) is 0 Å². The molecule has 2 aromatic carbocycles. The lowest BCUT2D eigenvalue weighted by Gasteiger charge is -2.08. The predicted molar refractivity (Wildman–Crippen MR) is 119 cm³/mol. The van der Waals surface area contributed by atoms with Gasteiger partial charge in [-0.2, -0.15) is 0 Å². The van der Waals surface area contributed by atoms with Gasteiger partial charge in [0.1, 0.15) is 33.8 Å². The van der Waals surface area contributed by atoms with Gasteiger partial charge in [0.15, 0.2) is 0 Å². The van der Waals surface area contributed by atoms with Crippen molar-refractivity contribution in [2.45, 2.75) is 6.92 Å². The molecule has 32 heavy (non-hydrogen) atoms. The van der Waals surface area contributed by atoms with E-state index in [0.717, 1.165) is 10.9 Å². The van der Waals surface area contributed by atoms with E-state index < -0.39 is 17.0 Å². The highest BCUT2D eigenvalue weighted by molar-refractivity contribution is 7.12. The van der Waals surface area contributed by atoms with Gasteiger partial charge in [-0.15, -0.1) is 11.3 Å². The highest BCUT2D eigenvalue weighted by Crippen LogP contribution is 2.27. The first kappa shape index (κ1) is 19.8. The maximum absolute atomic E-state index is 12.9. The van der Waals surface area contributed by atoms with E-state index >= 15 is 0 Å². The molecule has 0 spiro atoms. The Bertz CT molecular complexity index is 1590. The van der Waals surface area contributed by atoms with Crippen LogP contribution in [0.25, 0.3) is 21.9 Å². The molecule has 5 aromatic rings. The van der Waals surface area contributed by atoms with Crippen molar-refractivity contribution in [2.24, 2.45) is 0 Å². The Morgan fingerprint density at radius 3 is 2.53 bits per heavy atom. The molecule has 0 unspecified atom stereocenters. The maximum Gasteiger partial charge on any atom is 0.353 e. The summed E-state index contributed by atoms with van der Waals surface area (Å²) in [6.07, 6.45) is 1.19. The molecule has 0 bridgehead atoms. The number of esters is 1. The molecular weight excluding hydrogens is 432 g/mol. The van der Waals surface area contributed by atoms with Crippen molar-refractivity contribution in [3.05, 3.63) is 97.3 Å². The van der Waals surface area contributed by atoms with Crippen LogP contribution in [0.1, 0.15) is 15.2 Å². The molecule has 0 aliphatic carbocycles. The van der Waals surface area contributed by atoms with E-state index in [-0.39, 0.29) is 22.5 Å². The van der Waals surface area contributed by atoms with Crippen LogP contribution in [0.4, 0.5) is 0 Å². The number of aryl methyl sites for hydroxylation is 1.